The molecule has 0 radical (unpaired) electrons. The zero-order valence-electron chi connectivity index (χ0n) is 14.7. The predicted octanol–water partition coefficient (Wildman–Crippen LogP) is 5.08. The highest BCUT2D eigenvalue weighted by molar-refractivity contribution is 5.81. The summed E-state index contributed by atoms with van der Waals surface area (Å²) in [5.74, 6) is 1.74. The van der Waals surface area contributed by atoms with Crippen LogP contribution in [0.25, 0.3) is 10.9 Å². The lowest BCUT2D eigenvalue weighted by Gasteiger charge is -2.06. The Labute approximate surface area is 147 Å². The Balaban J connectivity index is 1.55. The minimum Gasteiger partial charge on any atom is -0.446 e. The zero-order chi connectivity index (χ0) is 17.2. The summed E-state index contributed by atoms with van der Waals surface area (Å²) in [5.41, 5.74) is 4.82. The topological polar surface area (TPSA) is 31.0 Å². The van der Waals surface area contributed by atoms with E-state index >= 15 is 0 Å². The van der Waals surface area contributed by atoms with Crippen LogP contribution in [0.2, 0.25) is 0 Å². The molecule has 0 amide bonds. The Bertz CT molecular complexity index is 995. The molecule has 0 unspecified atom stereocenters. The third kappa shape index (κ3) is 3.22. The Morgan fingerprint density at radius 2 is 1.68 bits per heavy atom. The Kier molecular flexibility index (Phi) is 4.14. The zero-order valence-corrected chi connectivity index (χ0v) is 14.7. The van der Waals surface area contributed by atoms with E-state index in [4.69, 9.17) is 9.40 Å². The molecular formula is C22H22N2O. The van der Waals surface area contributed by atoms with Crippen molar-refractivity contribution < 1.29 is 4.42 Å². The van der Waals surface area contributed by atoms with E-state index in [1.54, 1.807) is 0 Å². The number of fused-ring (bicyclic) bond motifs is 1. The highest BCUT2D eigenvalue weighted by atomic mass is 16.4. The molecule has 0 atom stereocenters. The molecule has 0 fully saturated rings. The second-order valence-electron chi connectivity index (χ2n) is 6.53. The van der Waals surface area contributed by atoms with Crippen LogP contribution in [0.15, 0.2) is 65.1 Å². The molecule has 25 heavy (non-hydrogen) atoms. The summed E-state index contributed by atoms with van der Waals surface area (Å²) in [6, 6.07) is 21.2. The summed E-state index contributed by atoms with van der Waals surface area (Å²) >= 11 is 0. The molecule has 126 valence electrons. The molecule has 0 aliphatic heterocycles. The summed E-state index contributed by atoms with van der Waals surface area (Å²) in [7, 11) is 0. The first-order valence-electron chi connectivity index (χ1n) is 8.74. The summed E-state index contributed by atoms with van der Waals surface area (Å²) < 4.78 is 8.22. The van der Waals surface area contributed by atoms with Crippen molar-refractivity contribution >= 4 is 10.9 Å². The minimum atomic E-state index is 0.750. The molecular weight excluding hydrogens is 308 g/mol. The van der Waals surface area contributed by atoms with Crippen molar-refractivity contribution in [3.8, 4) is 0 Å². The van der Waals surface area contributed by atoms with Crippen molar-refractivity contribution in [2.75, 3.05) is 0 Å². The fourth-order valence-electron chi connectivity index (χ4n) is 3.35. The van der Waals surface area contributed by atoms with Crippen LogP contribution in [0.1, 0.15) is 28.6 Å². The van der Waals surface area contributed by atoms with Gasteiger partial charge >= 0.3 is 0 Å². The van der Waals surface area contributed by atoms with Gasteiger partial charge in [-0.3, -0.25) is 0 Å². The first-order valence-corrected chi connectivity index (χ1v) is 8.74. The monoisotopic (exact) mass is 330 g/mol. The van der Waals surface area contributed by atoms with Gasteiger partial charge in [0.15, 0.2) is 5.89 Å². The van der Waals surface area contributed by atoms with Crippen LogP contribution in [0.4, 0.5) is 0 Å². The van der Waals surface area contributed by atoms with Gasteiger partial charge in [0.05, 0.1) is 6.54 Å². The number of nitrogens with zero attached hydrogens (tertiary/aromatic N) is 2. The molecule has 0 saturated carbocycles. The Hall–Kier alpha value is -2.81. The van der Waals surface area contributed by atoms with Gasteiger partial charge in [-0.2, -0.15) is 0 Å². The summed E-state index contributed by atoms with van der Waals surface area (Å²) in [4.78, 5) is 4.76. The van der Waals surface area contributed by atoms with Crippen LogP contribution >= 0.6 is 0 Å². The molecule has 0 aliphatic rings. The molecule has 0 aliphatic carbocycles. The van der Waals surface area contributed by atoms with E-state index in [-0.39, 0.29) is 0 Å². The number of para-hydroxylation sites is 1. The average molecular weight is 330 g/mol. The molecule has 3 heteroatoms. The molecule has 0 spiro atoms. The van der Waals surface area contributed by atoms with E-state index in [9.17, 15) is 0 Å². The fourth-order valence-corrected chi connectivity index (χ4v) is 3.35. The predicted molar refractivity (Wildman–Crippen MR) is 101 cm³/mol. The molecule has 0 N–H and O–H groups in total. The normalized spacial score (nSPS) is 11.3. The molecule has 2 heterocycles. The highest BCUT2D eigenvalue weighted by Gasteiger charge is 2.13. The molecule has 0 saturated heterocycles. The van der Waals surface area contributed by atoms with Crippen LogP contribution in [0, 0.1) is 13.8 Å². The van der Waals surface area contributed by atoms with Crippen molar-refractivity contribution in [3.63, 3.8) is 0 Å². The van der Waals surface area contributed by atoms with E-state index < -0.39 is 0 Å². The summed E-state index contributed by atoms with van der Waals surface area (Å²) in [5, 5.41) is 1.27. The van der Waals surface area contributed by atoms with Gasteiger partial charge in [0.1, 0.15) is 11.5 Å². The highest BCUT2D eigenvalue weighted by Crippen LogP contribution is 2.22. The number of hydrogen-bond donors (Lipinski definition) is 0. The van der Waals surface area contributed by atoms with Crippen LogP contribution in [-0.4, -0.2) is 9.55 Å². The van der Waals surface area contributed by atoms with Gasteiger partial charge in [0, 0.05) is 17.6 Å². The molecule has 2 aromatic heterocycles. The summed E-state index contributed by atoms with van der Waals surface area (Å²) in [6.07, 6.45) is 1.78. The second-order valence-corrected chi connectivity index (χ2v) is 6.53. The molecule has 3 nitrogen and oxygen atoms in total. The standard InChI is InChI=1S/C22H22N2O/c1-16-14-19-10-6-7-11-21(19)24(16)15-20-17(2)25-22(23-20)13-12-18-8-4-3-5-9-18/h3-11,14H,12-13,15H2,1-2H3. The minimum absolute atomic E-state index is 0.750. The van der Waals surface area contributed by atoms with Gasteiger partial charge in [0.25, 0.3) is 0 Å². The van der Waals surface area contributed by atoms with Crippen LogP contribution in [0.5, 0.6) is 0 Å². The average Bonchev–Trinajstić information content (AvgIpc) is 3.14. The first-order chi connectivity index (χ1) is 12.2. The van der Waals surface area contributed by atoms with Crippen molar-refractivity contribution in [2.45, 2.75) is 33.2 Å². The van der Waals surface area contributed by atoms with Crippen LogP contribution in [0.3, 0.4) is 0 Å². The lowest BCUT2D eigenvalue weighted by molar-refractivity contribution is 0.469. The van der Waals surface area contributed by atoms with E-state index in [2.05, 4.69) is 66.1 Å². The maximum Gasteiger partial charge on any atom is 0.195 e. The third-order valence-electron chi connectivity index (χ3n) is 4.73. The quantitative estimate of drug-likeness (QED) is 0.511. The number of aryl methyl sites for hydroxylation is 4. The van der Waals surface area contributed by atoms with Gasteiger partial charge < -0.3 is 8.98 Å². The van der Waals surface area contributed by atoms with Gasteiger partial charge in [-0.1, -0.05) is 48.5 Å². The van der Waals surface area contributed by atoms with E-state index in [0.717, 1.165) is 36.7 Å². The van der Waals surface area contributed by atoms with E-state index in [1.807, 2.05) is 13.0 Å². The van der Waals surface area contributed by atoms with Gasteiger partial charge in [0.2, 0.25) is 0 Å². The van der Waals surface area contributed by atoms with E-state index in [1.165, 1.54) is 22.2 Å². The Morgan fingerprint density at radius 1 is 0.920 bits per heavy atom. The van der Waals surface area contributed by atoms with Crippen molar-refractivity contribution in [2.24, 2.45) is 0 Å². The maximum absolute atomic E-state index is 5.91. The molecule has 2 aromatic carbocycles. The Morgan fingerprint density at radius 3 is 2.52 bits per heavy atom. The van der Waals surface area contributed by atoms with Crippen LogP contribution in [-0.2, 0) is 19.4 Å². The van der Waals surface area contributed by atoms with Gasteiger partial charge in [-0.05, 0) is 43.4 Å². The van der Waals surface area contributed by atoms with Crippen molar-refractivity contribution in [3.05, 3.63) is 89.3 Å². The van der Waals surface area contributed by atoms with Crippen LogP contribution < -0.4 is 0 Å². The van der Waals surface area contributed by atoms with Gasteiger partial charge in [-0.25, -0.2) is 4.98 Å². The first kappa shape index (κ1) is 15.7. The van der Waals surface area contributed by atoms with E-state index in [0.29, 0.717) is 0 Å². The summed E-state index contributed by atoms with van der Waals surface area (Å²) in [6.45, 7) is 4.90. The molecule has 0 bridgehead atoms. The number of benzene rings is 2. The largest absolute Gasteiger partial charge is 0.446 e. The van der Waals surface area contributed by atoms with Crippen molar-refractivity contribution in [1.29, 1.82) is 0 Å². The number of aromatic nitrogens is 2. The third-order valence-corrected chi connectivity index (χ3v) is 4.73. The fraction of sp³-hybridized carbons (Fsp3) is 0.227. The van der Waals surface area contributed by atoms with Gasteiger partial charge in [-0.15, -0.1) is 0 Å². The number of rotatable bonds is 5. The molecule has 4 rings (SSSR count). The lowest BCUT2D eigenvalue weighted by atomic mass is 10.1. The second kappa shape index (κ2) is 6.60. The van der Waals surface area contributed by atoms with Crippen molar-refractivity contribution in [1.82, 2.24) is 9.55 Å². The SMILES string of the molecule is Cc1oc(CCc2ccccc2)nc1Cn1c(C)cc2ccccc21. The lowest BCUT2D eigenvalue weighted by Crippen LogP contribution is -2.03. The maximum atomic E-state index is 5.91. The number of hydrogen-bond acceptors (Lipinski definition) is 2. The smallest absolute Gasteiger partial charge is 0.195 e. The number of oxazole rings is 1. The molecule has 4 aromatic rings.